The van der Waals surface area contributed by atoms with Gasteiger partial charge in [-0.25, -0.2) is 9.50 Å². The number of rotatable bonds is 2. The fourth-order valence-electron chi connectivity index (χ4n) is 2.03. The molecule has 2 heterocycles. The van der Waals surface area contributed by atoms with Crippen molar-refractivity contribution in [2.24, 2.45) is 0 Å². The number of aldehydes is 1. The summed E-state index contributed by atoms with van der Waals surface area (Å²) in [7, 11) is 0. The predicted octanol–water partition coefficient (Wildman–Crippen LogP) is 2.83. The maximum absolute atomic E-state index is 10.9. The van der Waals surface area contributed by atoms with E-state index in [2.05, 4.69) is 36.1 Å². The van der Waals surface area contributed by atoms with Crippen LogP contribution in [0.2, 0.25) is 0 Å². The minimum Gasteiger partial charge on any atom is -0.296 e. The van der Waals surface area contributed by atoms with Gasteiger partial charge in [-0.05, 0) is 43.2 Å². The first-order valence-electron chi connectivity index (χ1n) is 6.06. The predicted molar refractivity (Wildman–Crippen MR) is 73.3 cm³/mol. The van der Waals surface area contributed by atoms with E-state index in [1.54, 1.807) is 4.52 Å². The Morgan fingerprint density at radius 2 is 1.95 bits per heavy atom. The molecule has 0 atom stereocenters. The Morgan fingerprint density at radius 1 is 1.11 bits per heavy atom. The first-order valence-corrected chi connectivity index (χ1v) is 6.06. The van der Waals surface area contributed by atoms with Crippen LogP contribution in [0.4, 0.5) is 0 Å². The van der Waals surface area contributed by atoms with Crippen LogP contribution < -0.4 is 0 Å². The zero-order valence-corrected chi connectivity index (χ0v) is 10.8. The lowest BCUT2D eigenvalue weighted by atomic mass is 10.0. The Hall–Kier alpha value is -2.49. The highest BCUT2D eigenvalue weighted by atomic mass is 16.1. The molecule has 0 saturated heterocycles. The van der Waals surface area contributed by atoms with E-state index in [-0.39, 0.29) is 0 Å². The third-order valence-electron chi connectivity index (χ3n) is 3.31. The molecule has 4 heteroatoms. The van der Waals surface area contributed by atoms with Crippen LogP contribution in [-0.4, -0.2) is 20.9 Å². The molecule has 0 saturated carbocycles. The van der Waals surface area contributed by atoms with Gasteiger partial charge in [-0.15, -0.1) is 0 Å². The maximum Gasteiger partial charge on any atom is 0.170 e. The standard InChI is InChI=1S/C15H13N3O/c1-10-3-4-12(7-11(10)2)14-5-6-15-16-8-13(9-19)18(15)17-14/h3-9H,1-2H3. The lowest BCUT2D eigenvalue weighted by Gasteiger charge is -2.05. The summed E-state index contributed by atoms with van der Waals surface area (Å²) < 4.78 is 1.57. The van der Waals surface area contributed by atoms with Crippen molar-refractivity contribution in [3.8, 4) is 11.3 Å². The van der Waals surface area contributed by atoms with Crippen LogP contribution in [0.25, 0.3) is 16.9 Å². The molecule has 1 aromatic carbocycles. The molecule has 0 unspecified atom stereocenters. The third kappa shape index (κ3) is 1.91. The quantitative estimate of drug-likeness (QED) is 0.658. The van der Waals surface area contributed by atoms with Crippen molar-refractivity contribution in [2.75, 3.05) is 0 Å². The number of aromatic nitrogens is 3. The number of carbonyl (C=O) groups excluding carboxylic acids is 1. The molecule has 0 N–H and O–H groups in total. The molecular weight excluding hydrogens is 238 g/mol. The number of benzene rings is 1. The van der Waals surface area contributed by atoms with Crippen LogP contribution in [0.1, 0.15) is 21.6 Å². The third-order valence-corrected chi connectivity index (χ3v) is 3.31. The molecular formula is C15H13N3O. The summed E-state index contributed by atoms with van der Waals surface area (Å²) in [6.07, 6.45) is 2.29. The fraction of sp³-hybridized carbons (Fsp3) is 0.133. The van der Waals surface area contributed by atoms with Gasteiger partial charge in [-0.2, -0.15) is 5.10 Å². The van der Waals surface area contributed by atoms with Gasteiger partial charge in [0, 0.05) is 5.56 Å². The van der Waals surface area contributed by atoms with Crippen LogP contribution in [-0.2, 0) is 0 Å². The highest BCUT2D eigenvalue weighted by Gasteiger charge is 2.06. The monoisotopic (exact) mass is 251 g/mol. The van der Waals surface area contributed by atoms with Crippen LogP contribution in [0.15, 0.2) is 36.5 Å². The fourth-order valence-corrected chi connectivity index (χ4v) is 2.03. The van der Waals surface area contributed by atoms with Gasteiger partial charge in [-0.3, -0.25) is 4.79 Å². The summed E-state index contributed by atoms with van der Waals surface area (Å²) >= 11 is 0. The van der Waals surface area contributed by atoms with E-state index in [9.17, 15) is 4.79 Å². The molecule has 0 radical (unpaired) electrons. The van der Waals surface area contributed by atoms with E-state index in [1.165, 1.54) is 17.3 Å². The summed E-state index contributed by atoms with van der Waals surface area (Å²) in [5.74, 6) is 0. The lowest BCUT2D eigenvalue weighted by Crippen LogP contribution is -1.98. The van der Waals surface area contributed by atoms with Gasteiger partial charge in [0.1, 0.15) is 5.69 Å². The lowest BCUT2D eigenvalue weighted by molar-refractivity contribution is 0.111. The zero-order chi connectivity index (χ0) is 13.4. The number of hydrogen-bond acceptors (Lipinski definition) is 3. The molecule has 0 amide bonds. The van der Waals surface area contributed by atoms with Gasteiger partial charge in [0.15, 0.2) is 11.9 Å². The topological polar surface area (TPSA) is 47.3 Å². The molecule has 0 aliphatic heterocycles. The maximum atomic E-state index is 10.9. The summed E-state index contributed by atoms with van der Waals surface area (Å²) in [4.78, 5) is 15.1. The number of nitrogens with zero attached hydrogens (tertiary/aromatic N) is 3. The Morgan fingerprint density at radius 3 is 2.68 bits per heavy atom. The Bertz CT molecular complexity index is 774. The van der Waals surface area contributed by atoms with Crippen LogP contribution in [0.5, 0.6) is 0 Å². The van der Waals surface area contributed by atoms with E-state index >= 15 is 0 Å². The Kier molecular flexibility index (Phi) is 2.63. The molecule has 2 aromatic heterocycles. The largest absolute Gasteiger partial charge is 0.296 e. The average molecular weight is 251 g/mol. The molecule has 0 aliphatic rings. The highest BCUT2D eigenvalue weighted by Crippen LogP contribution is 2.20. The number of carbonyl (C=O) groups is 1. The van der Waals surface area contributed by atoms with Crippen LogP contribution in [0.3, 0.4) is 0 Å². The molecule has 3 rings (SSSR count). The van der Waals surface area contributed by atoms with Gasteiger partial charge in [0.25, 0.3) is 0 Å². The zero-order valence-electron chi connectivity index (χ0n) is 10.8. The van der Waals surface area contributed by atoms with Gasteiger partial charge >= 0.3 is 0 Å². The van der Waals surface area contributed by atoms with Gasteiger partial charge in [-0.1, -0.05) is 12.1 Å². The molecule has 3 aromatic rings. The summed E-state index contributed by atoms with van der Waals surface area (Å²) in [5, 5.41) is 4.47. The van der Waals surface area contributed by atoms with Crippen molar-refractivity contribution >= 4 is 11.9 Å². The molecule has 19 heavy (non-hydrogen) atoms. The summed E-state index contributed by atoms with van der Waals surface area (Å²) in [6, 6.07) is 9.99. The summed E-state index contributed by atoms with van der Waals surface area (Å²) in [6.45, 7) is 4.15. The minimum atomic E-state index is 0.459. The number of imidazole rings is 1. The van der Waals surface area contributed by atoms with E-state index in [4.69, 9.17) is 0 Å². The Balaban J connectivity index is 2.18. The van der Waals surface area contributed by atoms with Gasteiger partial charge in [0.05, 0.1) is 11.9 Å². The van der Waals surface area contributed by atoms with E-state index in [1.807, 2.05) is 18.2 Å². The first kappa shape index (κ1) is 11.6. The number of fused-ring (bicyclic) bond motifs is 1. The second-order valence-corrected chi connectivity index (χ2v) is 4.59. The van der Waals surface area contributed by atoms with E-state index in [0.717, 1.165) is 17.5 Å². The highest BCUT2D eigenvalue weighted by molar-refractivity contribution is 5.74. The average Bonchev–Trinajstić information content (AvgIpc) is 2.84. The molecule has 0 spiro atoms. The van der Waals surface area contributed by atoms with E-state index < -0.39 is 0 Å². The second-order valence-electron chi connectivity index (χ2n) is 4.59. The number of hydrogen-bond donors (Lipinski definition) is 0. The second kappa shape index (κ2) is 4.31. The van der Waals surface area contributed by atoms with Crippen LogP contribution >= 0.6 is 0 Å². The minimum absolute atomic E-state index is 0.459. The summed E-state index contributed by atoms with van der Waals surface area (Å²) in [5.41, 5.74) is 5.48. The molecule has 0 fully saturated rings. The van der Waals surface area contributed by atoms with Gasteiger partial charge < -0.3 is 0 Å². The SMILES string of the molecule is Cc1ccc(-c2ccc3ncc(C=O)n3n2)cc1C. The van der Waals surface area contributed by atoms with Gasteiger partial charge in [0.2, 0.25) is 0 Å². The van der Waals surface area contributed by atoms with Crippen molar-refractivity contribution < 1.29 is 4.79 Å². The Labute approximate surface area is 110 Å². The number of aryl methyl sites for hydroxylation is 2. The molecule has 0 aliphatic carbocycles. The first-order chi connectivity index (χ1) is 9.19. The molecule has 4 nitrogen and oxygen atoms in total. The molecule has 0 bridgehead atoms. The van der Waals surface area contributed by atoms with Crippen molar-refractivity contribution in [1.29, 1.82) is 0 Å². The molecule has 94 valence electrons. The van der Waals surface area contributed by atoms with Crippen molar-refractivity contribution in [3.63, 3.8) is 0 Å². The smallest absolute Gasteiger partial charge is 0.170 e. The normalized spacial score (nSPS) is 10.8. The van der Waals surface area contributed by atoms with Crippen molar-refractivity contribution in [1.82, 2.24) is 14.6 Å². The van der Waals surface area contributed by atoms with E-state index in [0.29, 0.717) is 11.3 Å². The van der Waals surface area contributed by atoms with Crippen molar-refractivity contribution in [3.05, 3.63) is 53.3 Å². The van der Waals surface area contributed by atoms with Crippen molar-refractivity contribution in [2.45, 2.75) is 13.8 Å². The van der Waals surface area contributed by atoms with Crippen LogP contribution in [0, 0.1) is 13.8 Å².